The van der Waals surface area contributed by atoms with Crippen molar-refractivity contribution >= 4 is 11.7 Å². The summed E-state index contributed by atoms with van der Waals surface area (Å²) in [4.78, 5) is 18.0. The highest BCUT2D eigenvalue weighted by Crippen LogP contribution is 2.66. The normalized spacial score (nSPS) is 39.7. The Morgan fingerprint density at radius 3 is 2.60 bits per heavy atom. The Balaban J connectivity index is 1.81. The van der Waals surface area contributed by atoms with Crippen LogP contribution in [0.3, 0.4) is 0 Å². The van der Waals surface area contributed by atoms with Gasteiger partial charge in [0.1, 0.15) is 5.75 Å². The number of hydrogen-bond acceptors (Lipinski definition) is 6. The third kappa shape index (κ3) is 2.24. The first kappa shape index (κ1) is 20.1. The first-order valence-corrected chi connectivity index (χ1v) is 11.3. The van der Waals surface area contributed by atoms with Crippen molar-refractivity contribution in [2.75, 3.05) is 39.3 Å². The van der Waals surface area contributed by atoms with E-state index >= 15 is 0 Å². The lowest BCUT2D eigenvalue weighted by atomic mass is 9.45. The van der Waals surface area contributed by atoms with E-state index in [0.29, 0.717) is 12.5 Å². The lowest BCUT2D eigenvalue weighted by Crippen LogP contribution is -2.79. The SMILES string of the molecule is CC[C@]12CCCN3CCC[C@@]4(c5ccc(OC)cc5N(C)[C@H]4[C@@](O)(C(=O)OC)C1)[C@@H]32. The molecule has 1 spiro atoms. The molecule has 0 amide bonds. The molecular weight excluding hydrogens is 380 g/mol. The van der Waals surface area contributed by atoms with Gasteiger partial charge in [-0.2, -0.15) is 0 Å². The summed E-state index contributed by atoms with van der Waals surface area (Å²) < 4.78 is 10.8. The average Bonchev–Trinajstić information content (AvgIpc) is 3.01. The van der Waals surface area contributed by atoms with E-state index in [1.165, 1.54) is 12.7 Å². The summed E-state index contributed by atoms with van der Waals surface area (Å²) in [6.07, 6.45) is 5.64. The van der Waals surface area contributed by atoms with Crippen molar-refractivity contribution in [1.82, 2.24) is 4.90 Å². The minimum Gasteiger partial charge on any atom is -0.497 e. The number of esters is 1. The number of rotatable bonds is 3. The largest absolute Gasteiger partial charge is 0.497 e. The first-order chi connectivity index (χ1) is 14.4. The lowest BCUT2D eigenvalue weighted by Gasteiger charge is -2.67. The number of anilines is 1. The van der Waals surface area contributed by atoms with E-state index in [9.17, 15) is 9.90 Å². The van der Waals surface area contributed by atoms with E-state index in [-0.39, 0.29) is 16.9 Å². The molecule has 0 unspecified atom stereocenters. The van der Waals surface area contributed by atoms with Gasteiger partial charge in [-0.05, 0) is 68.7 Å². The van der Waals surface area contributed by atoms with Crippen molar-refractivity contribution < 1.29 is 19.4 Å². The van der Waals surface area contributed by atoms with E-state index < -0.39 is 11.6 Å². The Bertz CT molecular complexity index is 873. The van der Waals surface area contributed by atoms with Gasteiger partial charge in [0.05, 0.1) is 20.3 Å². The molecule has 0 radical (unpaired) electrons. The predicted molar refractivity (Wildman–Crippen MR) is 115 cm³/mol. The van der Waals surface area contributed by atoms with Crippen LogP contribution in [0, 0.1) is 5.41 Å². The van der Waals surface area contributed by atoms with Gasteiger partial charge in [-0.15, -0.1) is 0 Å². The molecule has 0 bridgehead atoms. The summed E-state index contributed by atoms with van der Waals surface area (Å²) in [7, 11) is 5.10. The highest BCUT2D eigenvalue weighted by molar-refractivity contribution is 5.85. The number of likely N-dealkylation sites (N-methyl/N-ethyl adjacent to an activating group) is 1. The Morgan fingerprint density at radius 1 is 1.20 bits per heavy atom. The molecule has 164 valence electrons. The molecule has 4 aliphatic rings. The van der Waals surface area contributed by atoms with Gasteiger partial charge in [0, 0.05) is 30.3 Å². The predicted octanol–water partition coefficient (Wildman–Crippen LogP) is 2.71. The Morgan fingerprint density at radius 2 is 1.93 bits per heavy atom. The second-order valence-corrected chi connectivity index (χ2v) is 9.89. The maximum Gasteiger partial charge on any atom is 0.340 e. The minimum absolute atomic E-state index is 0.0967. The van der Waals surface area contributed by atoms with Crippen molar-refractivity contribution in [2.45, 2.75) is 68.5 Å². The monoisotopic (exact) mass is 414 g/mol. The second kappa shape index (κ2) is 6.60. The molecule has 1 N–H and O–H groups in total. The van der Waals surface area contributed by atoms with Crippen molar-refractivity contribution in [2.24, 2.45) is 5.41 Å². The number of benzene rings is 1. The lowest BCUT2D eigenvalue weighted by molar-refractivity contribution is -0.201. The maximum absolute atomic E-state index is 13.2. The number of methoxy groups -OCH3 is 2. The highest BCUT2D eigenvalue weighted by atomic mass is 16.5. The molecule has 1 saturated carbocycles. The number of hydrogen-bond donors (Lipinski definition) is 1. The van der Waals surface area contributed by atoms with E-state index in [4.69, 9.17) is 9.47 Å². The minimum atomic E-state index is -1.54. The van der Waals surface area contributed by atoms with Gasteiger partial charge in [0.15, 0.2) is 5.60 Å². The van der Waals surface area contributed by atoms with Gasteiger partial charge in [-0.1, -0.05) is 13.0 Å². The van der Waals surface area contributed by atoms with Gasteiger partial charge < -0.3 is 19.5 Å². The molecule has 1 aromatic rings. The van der Waals surface area contributed by atoms with Crippen LogP contribution < -0.4 is 9.64 Å². The van der Waals surface area contributed by atoms with Crippen LogP contribution in [-0.2, 0) is 14.9 Å². The third-order valence-electron chi connectivity index (χ3n) is 8.87. The average molecular weight is 415 g/mol. The van der Waals surface area contributed by atoms with Crippen LogP contribution in [0.1, 0.15) is 51.0 Å². The van der Waals surface area contributed by atoms with Crippen LogP contribution in [0.5, 0.6) is 5.75 Å². The molecule has 5 rings (SSSR count). The smallest absolute Gasteiger partial charge is 0.340 e. The zero-order chi connectivity index (χ0) is 21.3. The topological polar surface area (TPSA) is 62.2 Å². The van der Waals surface area contributed by atoms with Crippen LogP contribution in [0.15, 0.2) is 18.2 Å². The number of carbonyl (C=O) groups excluding carboxylic acids is 1. The molecule has 1 aliphatic carbocycles. The molecule has 1 aromatic carbocycles. The number of nitrogens with zero attached hydrogens (tertiary/aromatic N) is 2. The molecule has 6 nitrogen and oxygen atoms in total. The molecule has 6 heteroatoms. The summed E-state index contributed by atoms with van der Waals surface area (Å²) in [6, 6.07) is 6.27. The first-order valence-electron chi connectivity index (χ1n) is 11.3. The number of fused-ring (bicyclic) bond motifs is 1. The fraction of sp³-hybridized carbons (Fsp3) is 0.708. The second-order valence-electron chi connectivity index (χ2n) is 9.89. The third-order valence-corrected chi connectivity index (χ3v) is 8.87. The fourth-order valence-electron chi connectivity index (χ4n) is 8.06. The summed E-state index contributed by atoms with van der Waals surface area (Å²) in [5, 5.41) is 12.2. The van der Waals surface area contributed by atoms with Crippen molar-refractivity contribution in [3.8, 4) is 5.75 Å². The molecule has 3 aliphatic heterocycles. The van der Waals surface area contributed by atoms with Crippen LogP contribution in [0.4, 0.5) is 5.69 Å². The van der Waals surface area contributed by atoms with Gasteiger partial charge in [0.25, 0.3) is 0 Å². The molecular formula is C24H34N2O4. The number of ether oxygens (including phenoxy) is 2. The van der Waals surface area contributed by atoms with Gasteiger partial charge in [-0.25, -0.2) is 4.79 Å². The molecule has 3 fully saturated rings. The Hall–Kier alpha value is -1.79. The molecule has 0 aromatic heterocycles. The quantitative estimate of drug-likeness (QED) is 0.768. The molecule has 3 heterocycles. The summed E-state index contributed by atoms with van der Waals surface area (Å²) in [6.45, 7) is 4.44. The van der Waals surface area contributed by atoms with Crippen LogP contribution in [0.2, 0.25) is 0 Å². The number of carbonyl (C=O) groups is 1. The zero-order valence-electron chi connectivity index (χ0n) is 18.6. The Labute approximate surface area is 179 Å². The summed E-state index contributed by atoms with van der Waals surface area (Å²) in [5.41, 5.74) is 0.392. The maximum atomic E-state index is 13.2. The van der Waals surface area contributed by atoms with Crippen molar-refractivity contribution in [1.29, 1.82) is 0 Å². The molecule has 30 heavy (non-hydrogen) atoms. The summed E-state index contributed by atoms with van der Waals surface area (Å²) >= 11 is 0. The number of aliphatic hydroxyl groups is 1. The highest BCUT2D eigenvalue weighted by Gasteiger charge is 2.74. The van der Waals surface area contributed by atoms with Crippen LogP contribution in [-0.4, -0.2) is 68.0 Å². The van der Waals surface area contributed by atoms with Gasteiger partial charge >= 0.3 is 5.97 Å². The number of piperidine rings is 2. The van der Waals surface area contributed by atoms with E-state index in [0.717, 1.165) is 56.6 Å². The zero-order valence-corrected chi connectivity index (χ0v) is 18.6. The van der Waals surface area contributed by atoms with Crippen molar-refractivity contribution in [3.05, 3.63) is 23.8 Å². The summed E-state index contributed by atoms with van der Waals surface area (Å²) in [5.74, 6) is 0.308. The fourth-order valence-corrected chi connectivity index (χ4v) is 8.06. The van der Waals surface area contributed by atoms with Gasteiger partial charge in [-0.3, -0.25) is 4.90 Å². The molecule has 5 atom stereocenters. The van der Waals surface area contributed by atoms with Crippen LogP contribution >= 0.6 is 0 Å². The van der Waals surface area contributed by atoms with E-state index in [2.05, 4.69) is 28.9 Å². The van der Waals surface area contributed by atoms with E-state index in [1.807, 2.05) is 13.1 Å². The Kier molecular flexibility index (Phi) is 4.43. The standard InChI is InChI=1S/C24H34N2O4/c1-5-22-10-6-12-26-13-7-11-23(19(22)26)17-9-8-16(29-3)14-18(17)25(2)20(23)24(28,15-22)21(27)30-4/h8-9,14,19-20,28H,5-7,10-13,15H2,1-4H3/t19-,20+,22-,23+,24+/m0/s1. The van der Waals surface area contributed by atoms with Crippen molar-refractivity contribution in [3.63, 3.8) is 0 Å². The van der Waals surface area contributed by atoms with Crippen LogP contribution in [0.25, 0.3) is 0 Å². The van der Waals surface area contributed by atoms with E-state index in [1.54, 1.807) is 7.11 Å². The van der Waals surface area contributed by atoms with Gasteiger partial charge in [0.2, 0.25) is 0 Å². The molecule has 2 saturated heterocycles.